The molecule has 1 atom stereocenters. The Labute approximate surface area is 175 Å². The monoisotopic (exact) mass is 418 g/mol. The fourth-order valence-electron chi connectivity index (χ4n) is 3.97. The summed E-state index contributed by atoms with van der Waals surface area (Å²) in [4.78, 5) is 12.6. The SMILES string of the molecule is Cc1ccc2nc(Sc3ccc(-c4c5c(nc6[nH]ncc46)CNCC5O)o3)[nH]c2c1. The predicted octanol–water partition coefficient (Wildman–Crippen LogP) is 3.69. The van der Waals surface area contributed by atoms with Crippen molar-refractivity contribution in [1.29, 1.82) is 0 Å². The van der Waals surface area contributed by atoms with Crippen molar-refractivity contribution < 1.29 is 9.52 Å². The highest BCUT2D eigenvalue weighted by Gasteiger charge is 2.27. The van der Waals surface area contributed by atoms with Crippen LogP contribution in [0.3, 0.4) is 0 Å². The number of nitrogens with zero attached hydrogens (tertiary/aromatic N) is 3. The molecule has 0 saturated heterocycles. The Kier molecular flexibility index (Phi) is 3.95. The number of rotatable bonds is 3. The predicted molar refractivity (Wildman–Crippen MR) is 113 cm³/mol. The van der Waals surface area contributed by atoms with Crippen molar-refractivity contribution in [2.45, 2.75) is 29.8 Å². The molecule has 1 aliphatic rings. The van der Waals surface area contributed by atoms with Gasteiger partial charge in [-0.1, -0.05) is 6.07 Å². The van der Waals surface area contributed by atoms with E-state index in [0.717, 1.165) is 38.4 Å². The first-order chi connectivity index (χ1) is 14.7. The van der Waals surface area contributed by atoms with E-state index in [1.165, 1.54) is 17.3 Å². The first kappa shape index (κ1) is 17.7. The standard InChI is InChI=1S/C21H18N6O2S/c1-10-2-3-12-13(6-10)26-21(25-12)30-17-5-4-16(29-17)18-11-7-23-27-20(11)24-14-8-22-9-15(28)19(14)18/h2-7,15,22,28H,8-9H2,1H3,(H,25,26)(H,23,24,27). The van der Waals surface area contributed by atoms with E-state index in [1.54, 1.807) is 6.20 Å². The molecular weight excluding hydrogens is 400 g/mol. The third kappa shape index (κ3) is 2.82. The van der Waals surface area contributed by atoms with Gasteiger partial charge < -0.3 is 19.8 Å². The minimum atomic E-state index is -0.657. The first-order valence-electron chi connectivity index (χ1n) is 9.65. The third-order valence-corrected chi connectivity index (χ3v) is 6.13. The maximum absolute atomic E-state index is 10.7. The van der Waals surface area contributed by atoms with Gasteiger partial charge in [0.25, 0.3) is 0 Å². The molecule has 5 heterocycles. The van der Waals surface area contributed by atoms with Gasteiger partial charge >= 0.3 is 0 Å². The number of pyridine rings is 1. The number of fused-ring (bicyclic) bond motifs is 3. The van der Waals surface area contributed by atoms with Crippen LogP contribution in [0.25, 0.3) is 33.4 Å². The number of nitrogens with one attached hydrogen (secondary N) is 3. The molecule has 0 aliphatic carbocycles. The smallest absolute Gasteiger partial charge is 0.174 e. The topological polar surface area (TPSA) is 116 Å². The molecular formula is C21H18N6O2S. The minimum absolute atomic E-state index is 0.478. The molecule has 0 fully saturated rings. The molecule has 150 valence electrons. The van der Waals surface area contributed by atoms with Crippen molar-refractivity contribution in [1.82, 2.24) is 30.5 Å². The lowest BCUT2D eigenvalue weighted by molar-refractivity contribution is 0.164. The Hall–Kier alpha value is -3.14. The summed E-state index contributed by atoms with van der Waals surface area (Å²) in [6, 6.07) is 9.98. The number of H-pyrrole nitrogens is 2. The van der Waals surface area contributed by atoms with E-state index < -0.39 is 6.10 Å². The minimum Gasteiger partial charge on any atom is -0.449 e. The lowest BCUT2D eigenvalue weighted by Crippen LogP contribution is -2.29. The van der Waals surface area contributed by atoms with E-state index in [-0.39, 0.29) is 0 Å². The van der Waals surface area contributed by atoms with Crippen LogP contribution in [0.5, 0.6) is 0 Å². The second-order valence-electron chi connectivity index (χ2n) is 7.41. The number of aliphatic hydroxyl groups excluding tert-OH is 1. The lowest BCUT2D eigenvalue weighted by atomic mass is 9.94. The van der Waals surface area contributed by atoms with Gasteiger partial charge in [-0.2, -0.15) is 5.10 Å². The molecule has 30 heavy (non-hydrogen) atoms. The van der Waals surface area contributed by atoms with Gasteiger partial charge in [0.05, 0.1) is 34.4 Å². The quantitative estimate of drug-likeness (QED) is 0.353. The van der Waals surface area contributed by atoms with Gasteiger partial charge in [0.2, 0.25) is 0 Å². The number of hydrogen-bond acceptors (Lipinski definition) is 7. The van der Waals surface area contributed by atoms with Gasteiger partial charge in [-0.3, -0.25) is 5.10 Å². The average molecular weight is 418 g/mol. The van der Waals surface area contributed by atoms with Gasteiger partial charge in [-0.25, -0.2) is 9.97 Å². The van der Waals surface area contributed by atoms with Crippen LogP contribution in [-0.4, -0.2) is 36.8 Å². The third-order valence-electron chi connectivity index (χ3n) is 5.32. The maximum Gasteiger partial charge on any atom is 0.174 e. The molecule has 0 spiro atoms. The Morgan fingerprint density at radius 2 is 2.13 bits per heavy atom. The number of furan rings is 1. The van der Waals surface area contributed by atoms with E-state index in [2.05, 4.69) is 43.5 Å². The highest BCUT2D eigenvalue weighted by atomic mass is 32.2. The second-order valence-corrected chi connectivity index (χ2v) is 8.40. The summed E-state index contributed by atoms with van der Waals surface area (Å²) in [6.07, 6.45) is 1.07. The fraction of sp³-hybridized carbons (Fsp3) is 0.190. The van der Waals surface area contributed by atoms with Crippen LogP contribution in [-0.2, 0) is 6.54 Å². The van der Waals surface area contributed by atoms with Gasteiger partial charge in [-0.05, 0) is 48.5 Å². The molecule has 0 amide bonds. The number of imidazole rings is 1. The summed E-state index contributed by atoms with van der Waals surface area (Å²) in [6.45, 7) is 3.13. The number of aromatic amines is 2. The molecule has 4 N–H and O–H groups in total. The molecule has 1 aliphatic heterocycles. The summed E-state index contributed by atoms with van der Waals surface area (Å²) in [5.41, 5.74) is 6.23. The summed E-state index contributed by atoms with van der Waals surface area (Å²) in [5.74, 6) is 0.676. The van der Waals surface area contributed by atoms with Crippen LogP contribution in [0, 0.1) is 6.92 Å². The van der Waals surface area contributed by atoms with Crippen LogP contribution < -0.4 is 5.32 Å². The molecule has 5 aromatic rings. The zero-order valence-electron chi connectivity index (χ0n) is 16.1. The van der Waals surface area contributed by atoms with Crippen LogP contribution in [0.15, 0.2) is 51.2 Å². The Balaban J connectivity index is 1.42. The fourth-order valence-corrected chi connectivity index (χ4v) is 4.74. The number of β-amino-alcohol motifs (C(OH)–C–C–N with tert-alkyl or cyclic N) is 1. The van der Waals surface area contributed by atoms with Gasteiger partial charge in [0.1, 0.15) is 5.76 Å². The van der Waals surface area contributed by atoms with Crippen LogP contribution in [0.2, 0.25) is 0 Å². The molecule has 9 heteroatoms. The van der Waals surface area contributed by atoms with Crippen molar-refractivity contribution >= 4 is 33.8 Å². The molecule has 8 nitrogen and oxygen atoms in total. The summed E-state index contributed by atoms with van der Waals surface area (Å²) in [7, 11) is 0. The number of aliphatic hydroxyl groups is 1. The first-order valence-corrected chi connectivity index (χ1v) is 10.5. The van der Waals surface area contributed by atoms with Crippen molar-refractivity contribution in [3.05, 3.63) is 53.3 Å². The van der Waals surface area contributed by atoms with Gasteiger partial charge in [-0.15, -0.1) is 0 Å². The van der Waals surface area contributed by atoms with Crippen LogP contribution in [0.1, 0.15) is 22.9 Å². The molecule has 6 rings (SSSR count). The van der Waals surface area contributed by atoms with E-state index in [1.807, 2.05) is 24.3 Å². The molecule has 0 bridgehead atoms. The Morgan fingerprint density at radius 1 is 1.20 bits per heavy atom. The van der Waals surface area contributed by atoms with Crippen molar-refractivity contribution in [2.75, 3.05) is 6.54 Å². The second kappa shape index (κ2) is 6.69. The molecule has 4 aromatic heterocycles. The number of benzene rings is 1. The molecule has 1 unspecified atom stereocenters. The van der Waals surface area contributed by atoms with E-state index in [4.69, 9.17) is 4.42 Å². The summed E-state index contributed by atoms with van der Waals surface area (Å²) in [5, 5.41) is 23.2. The van der Waals surface area contributed by atoms with Crippen LogP contribution >= 0.6 is 11.8 Å². The Bertz CT molecular complexity index is 1400. The highest BCUT2D eigenvalue weighted by molar-refractivity contribution is 7.99. The number of hydrogen-bond donors (Lipinski definition) is 4. The van der Waals surface area contributed by atoms with Crippen molar-refractivity contribution in [2.24, 2.45) is 0 Å². The molecule has 0 saturated carbocycles. The van der Waals surface area contributed by atoms with E-state index >= 15 is 0 Å². The highest BCUT2D eigenvalue weighted by Crippen LogP contribution is 2.40. The maximum atomic E-state index is 10.7. The number of aryl methyl sites for hydroxylation is 1. The molecule has 1 aromatic carbocycles. The normalized spacial score (nSPS) is 16.4. The summed E-state index contributed by atoms with van der Waals surface area (Å²) >= 11 is 1.43. The zero-order chi connectivity index (χ0) is 20.2. The lowest BCUT2D eigenvalue weighted by Gasteiger charge is -2.24. The van der Waals surface area contributed by atoms with Crippen LogP contribution in [0.4, 0.5) is 0 Å². The Morgan fingerprint density at radius 3 is 3.07 bits per heavy atom. The van der Waals surface area contributed by atoms with E-state index in [0.29, 0.717) is 29.6 Å². The van der Waals surface area contributed by atoms with E-state index in [9.17, 15) is 5.11 Å². The molecule has 0 radical (unpaired) electrons. The average Bonchev–Trinajstić information content (AvgIpc) is 3.45. The van der Waals surface area contributed by atoms with Gasteiger partial charge in [0.15, 0.2) is 15.9 Å². The summed E-state index contributed by atoms with van der Waals surface area (Å²) < 4.78 is 6.19. The largest absolute Gasteiger partial charge is 0.449 e. The zero-order valence-corrected chi connectivity index (χ0v) is 16.9. The van der Waals surface area contributed by atoms with Crippen molar-refractivity contribution in [3.63, 3.8) is 0 Å². The number of aromatic nitrogens is 5. The van der Waals surface area contributed by atoms with Gasteiger partial charge in [0, 0.05) is 24.2 Å². The van der Waals surface area contributed by atoms with Crippen molar-refractivity contribution in [3.8, 4) is 11.3 Å².